The minimum Gasteiger partial charge on any atom is -0.350 e. The van der Waals surface area contributed by atoms with E-state index in [9.17, 15) is 13.2 Å². The smallest absolute Gasteiger partial charge is 0.223 e. The van der Waals surface area contributed by atoms with Gasteiger partial charge in [-0.1, -0.05) is 0 Å². The molecule has 0 atom stereocenters. The van der Waals surface area contributed by atoms with Crippen LogP contribution in [0.5, 0.6) is 0 Å². The maximum atomic E-state index is 12.1. The van der Waals surface area contributed by atoms with Crippen molar-refractivity contribution in [2.45, 2.75) is 19.4 Å². The van der Waals surface area contributed by atoms with Crippen molar-refractivity contribution < 1.29 is 13.2 Å². The molecule has 1 N–H and O–H groups in total. The normalized spacial score (nSPS) is 18.1. The molecule has 0 aliphatic carbocycles. The molecule has 2 rings (SSSR count). The van der Waals surface area contributed by atoms with Crippen LogP contribution in [0, 0.1) is 5.92 Å². The quantitative estimate of drug-likeness (QED) is 0.828. The highest BCUT2D eigenvalue weighted by Gasteiger charge is 2.28. The minimum absolute atomic E-state index is 0.0145. The van der Waals surface area contributed by atoms with Gasteiger partial charge >= 0.3 is 0 Å². The fourth-order valence-corrected chi connectivity index (χ4v) is 3.22. The Bertz CT molecular complexity index is 573. The van der Waals surface area contributed by atoms with Crippen LogP contribution in [0.2, 0.25) is 0 Å². The first-order valence-corrected chi connectivity index (χ1v) is 8.42. The van der Waals surface area contributed by atoms with E-state index in [1.165, 1.54) is 10.6 Å². The van der Waals surface area contributed by atoms with Crippen LogP contribution in [0.4, 0.5) is 0 Å². The molecule has 1 amide bonds. The van der Waals surface area contributed by atoms with E-state index in [-0.39, 0.29) is 11.8 Å². The van der Waals surface area contributed by atoms with Gasteiger partial charge in [0.25, 0.3) is 0 Å². The average molecular weight is 300 g/mol. The maximum Gasteiger partial charge on any atom is 0.223 e. The largest absolute Gasteiger partial charge is 0.350 e. The molecule has 0 aromatic carbocycles. The summed E-state index contributed by atoms with van der Waals surface area (Å²) < 4.78 is 25.9. The standard InChI is InChI=1S/C12H20N4O3S/c1-15-11(3-6-14-15)9-13-12(17)10-4-7-16(8-5-10)20(2,18)19/h3,6,10H,4-5,7-9H2,1-2H3,(H,13,17). The molecule has 8 heteroatoms. The van der Waals surface area contributed by atoms with Crippen LogP contribution in [0.3, 0.4) is 0 Å². The zero-order valence-electron chi connectivity index (χ0n) is 11.7. The number of hydrogen-bond acceptors (Lipinski definition) is 4. The van der Waals surface area contributed by atoms with Gasteiger partial charge in [0.05, 0.1) is 18.5 Å². The topological polar surface area (TPSA) is 84.3 Å². The van der Waals surface area contributed by atoms with Gasteiger partial charge in [-0.3, -0.25) is 9.48 Å². The van der Waals surface area contributed by atoms with Crippen molar-refractivity contribution in [3.63, 3.8) is 0 Å². The molecule has 112 valence electrons. The molecule has 7 nitrogen and oxygen atoms in total. The van der Waals surface area contributed by atoms with Gasteiger partial charge in [0.2, 0.25) is 15.9 Å². The SMILES string of the molecule is Cn1nccc1CNC(=O)C1CCN(S(C)(=O)=O)CC1. The summed E-state index contributed by atoms with van der Waals surface area (Å²) in [5.41, 5.74) is 0.937. The Morgan fingerprint density at radius 3 is 2.60 bits per heavy atom. The van der Waals surface area contributed by atoms with Crippen molar-refractivity contribution in [1.82, 2.24) is 19.4 Å². The first-order chi connectivity index (χ1) is 9.38. The molecule has 20 heavy (non-hydrogen) atoms. The Morgan fingerprint density at radius 2 is 2.10 bits per heavy atom. The van der Waals surface area contributed by atoms with E-state index in [1.807, 2.05) is 13.1 Å². The number of sulfonamides is 1. The molecular weight excluding hydrogens is 280 g/mol. The van der Waals surface area contributed by atoms with E-state index in [0.717, 1.165) is 5.69 Å². The number of carbonyl (C=O) groups excluding carboxylic acids is 1. The molecule has 1 saturated heterocycles. The Balaban J connectivity index is 1.82. The maximum absolute atomic E-state index is 12.1. The lowest BCUT2D eigenvalue weighted by atomic mass is 9.97. The average Bonchev–Trinajstić information content (AvgIpc) is 2.81. The van der Waals surface area contributed by atoms with Crippen LogP contribution >= 0.6 is 0 Å². The van der Waals surface area contributed by atoms with Gasteiger partial charge in [-0.2, -0.15) is 5.10 Å². The molecule has 1 aliphatic heterocycles. The molecular formula is C12H20N4O3S. The number of carbonyl (C=O) groups is 1. The molecule has 1 aromatic heterocycles. The summed E-state index contributed by atoms with van der Waals surface area (Å²) in [7, 11) is -1.31. The Kier molecular flexibility index (Phi) is 4.44. The highest BCUT2D eigenvalue weighted by Crippen LogP contribution is 2.19. The van der Waals surface area contributed by atoms with E-state index in [0.29, 0.717) is 32.5 Å². The van der Waals surface area contributed by atoms with Crippen LogP contribution in [0.25, 0.3) is 0 Å². The van der Waals surface area contributed by atoms with Crippen molar-refractivity contribution in [3.8, 4) is 0 Å². The third-order valence-corrected chi connectivity index (χ3v) is 4.96. The second-order valence-electron chi connectivity index (χ2n) is 5.10. The van der Waals surface area contributed by atoms with E-state index < -0.39 is 10.0 Å². The van der Waals surface area contributed by atoms with Gasteiger partial charge in [-0.25, -0.2) is 12.7 Å². The summed E-state index contributed by atoms with van der Waals surface area (Å²) in [6, 6.07) is 1.85. The van der Waals surface area contributed by atoms with E-state index in [4.69, 9.17) is 0 Å². The molecule has 0 radical (unpaired) electrons. The summed E-state index contributed by atoms with van der Waals surface area (Å²) in [6.45, 7) is 1.28. The number of aryl methyl sites for hydroxylation is 1. The van der Waals surface area contributed by atoms with Gasteiger partial charge in [-0.15, -0.1) is 0 Å². The predicted molar refractivity (Wildman–Crippen MR) is 74.2 cm³/mol. The van der Waals surface area contributed by atoms with E-state index in [1.54, 1.807) is 10.9 Å². The van der Waals surface area contributed by atoms with E-state index >= 15 is 0 Å². The van der Waals surface area contributed by atoms with Gasteiger partial charge < -0.3 is 5.32 Å². The lowest BCUT2D eigenvalue weighted by molar-refractivity contribution is -0.126. The zero-order valence-corrected chi connectivity index (χ0v) is 12.6. The van der Waals surface area contributed by atoms with Crippen LogP contribution < -0.4 is 5.32 Å². The first kappa shape index (κ1) is 15.0. The lowest BCUT2D eigenvalue weighted by Crippen LogP contribution is -2.42. The molecule has 1 aliphatic rings. The van der Waals surface area contributed by atoms with Gasteiger partial charge in [-0.05, 0) is 18.9 Å². The molecule has 0 bridgehead atoms. The zero-order chi connectivity index (χ0) is 14.8. The monoisotopic (exact) mass is 300 g/mol. The highest BCUT2D eigenvalue weighted by atomic mass is 32.2. The summed E-state index contributed by atoms with van der Waals surface area (Å²) in [5.74, 6) is -0.124. The summed E-state index contributed by atoms with van der Waals surface area (Å²) in [4.78, 5) is 12.1. The van der Waals surface area contributed by atoms with Gasteiger partial charge in [0, 0.05) is 32.3 Å². The molecule has 1 fully saturated rings. The second kappa shape index (κ2) is 5.92. The number of amides is 1. The van der Waals surface area contributed by atoms with Crippen LogP contribution in [-0.2, 0) is 28.4 Å². The number of aromatic nitrogens is 2. The van der Waals surface area contributed by atoms with Crippen LogP contribution in [-0.4, -0.2) is 47.8 Å². The highest BCUT2D eigenvalue weighted by molar-refractivity contribution is 7.88. The van der Waals surface area contributed by atoms with Crippen molar-refractivity contribution >= 4 is 15.9 Å². The number of nitrogens with zero attached hydrogens (tertiary/aromatic N) is 3. The fourth-order valence-electron chi connectivity index (χ4n) is 2.35. The number of nitrogens with one attached hydrogen (secondary N) is 1. The minimum atomic E-state index is -3.14. The van der Waals surface area contributed by atoms with Gasteiger partial charge in [0.1, 0.15) is 0 Å². The predicted octanol–water partition coefficient (Wildman–Crippen LogP) is -0.292. The summed E-state index contributed by atoms with van der Waals surface area (Å²) >= 11 is 0. The number of piperidine rings is 1. The Morgan fingerprint density at radius 1 is 1.45 bits per heavy atom. The fraction of sp³-hybridized carbons (Fsp3) is 0.667. The summed E-state index contributed by atoms with van der Waals surface area (Å²) in [5, 5.41) is 6.92. The molecule has 1 aromatic rings. The number of rotatable bonds is 4. The first-order valence-electron chi connectivity index (χ1n) is 6.57. The van der Waals surface area contributed by atoms with Crippen molar-refractivity contribution in [1.29, 1.82) is 0 Å². The number of hydrogen-bond donors (Lipinski definition) is 1. The lowest BCUT2D eigenvalue weighted by Gasteiger charge is -2.29. The molecule has 0 unspecified atom stereocenters. The Hall–Kier alpha value is -1.41. The molecule has 0 spiro atoms. The Labute approximate surface area is 119 Å². The molecule has 0 saturated carbocycles. The third kappa shape index (κ3) is 3.57. The van der Waals surface area contributed by atoms with Crippen LogP contribution in [0.15, 0.2) is 12.3 Å². The third-order valence-electron chi connectivity index (χ3n) is 3.66. The summed E-state index contributed by atoms with van der Waals surface area (Å²) in [6.07, 6.45) is 4.04. The molecule has 2 heterocycles. The van der Waals surface area contributed by atoms with Crippen LogP contribution in [0.1, 0.15) is 18.5 Å². The second-order valence-corrected chi connectivity index (χ2v) is 7.08. The van der Waals surface area contributed by atoms with E-state index in [2.05, 4.69) is 10.4 Å². The van der Waals surface area contributed by atoms with Crippen molar-refractivity contribution in [2.75, 3.05) is 19.3 Å². The van der Waals surface area contributed by atoms with Crippen molar-refractivity contribution in [2.24, 2.45) is 13.0 Å². The van der Waals surface area contributed by atoms with Gasteiger partial charge in [0.15, 0.2) is 0 Å². The van der Waals surface area contributed by atoms with Crippen molar-refractivity contribution in [3.05, 3.63) is 18.0 Å².